The van der Waals surface area contributed by atoms with Crippen LogP contribution >= 0.6 is 0 Å². The number of hydrogen-bond acceptors (Lipinski definition) is 3. The number of nitrogen functional groups attached to an aromatic ring is 1. The van der Waals surface area contributed by atoms with E-state index in [0.29, 0.717) is 22.7 Å². The Morgan fingerprint density at radius 3 is 2.88 bits per heavy atom. The average Bonchev–Trinajstić information content (AvgIpc) is 2.85. The monoisotopic (exact) mass is 231 g/mol. The van der Waals surface area contributed by atoms with Crippen molar-refractivity contribution in [2.75, 3.05) is 5.73 Å². The highest BCUT2D eigenvalue weighted by atomic mass is 19.1. The topological polar surface area (TPSA) is 72.5 Å². The molecule has 3 aromatic rings. The molecule has 3 rings (SSSR count). The first-order valence-corrected chi connectivity index (χ1v) is 5.08. The number of H-pyrrole nitrogens is 1. The van der Waals surface area contributed by atoms with Crippen LogP contribution < -0.4 is 5.73 Å². The van der Waals surface area contributed by atoms with E-state index in [2.05, 4.69) is 15.2 Å². The summed E-state index contributed by atoms with van der Waals surface area (Å²) < 4.78 is 15.4. The van der Waals surface area contributed by atoms with Crippen molar-refractivity contribution in [3.05, 3.63) is 30.2 Å². The molecular weight excluding hydrogens is 221 g/mol. The van der Waals surface area contributed by atoms with Gasteiger partial charge in [-0.05, 0) is 12.1 Å². The summed E-state index contributed by atoms with van der Waals surface area (Å²) in [7, 11) is 1.82. The van der Waals surface area contributed by atoms with Gasteiger partial charge in [-0.2, -0.15) is 5.10 Å². The van der Waals surface area contributed by atoms with Crippen LogP contribution in [0.3, 0.4) is 0 Å². The number of aromatic nitrogens is 4. The molecule has 0 unspecified atom stereocenters. The maximum absolute atomic E-state index is 13.6. The van der Waals surface area contributed by atoms with Crippen molar-refractivity contribution in [3.63, 3.8) is 0 Å². The molecule has 17 heavy (non-hydrogen) atoms. The zero-order chi connectivity index (χ0) is 12.0. The molecule has 0 atom stereocenters. The van der Waals surface area contributed by atoms with Gasteiger partial charge in [-0.1, -0.05) is 6.07 Å². The lowest BCUT2D eigenvalue weighted by atomic mass is 10.3. The third-order valence-electron chi connectivity index (χ3n) is 2.77. The minimum Gasteiger partial charge on any atom is -0.383 e. The van der Waals surface area contributed by atoms with Gasteiger partial charge in [0.1, 0.15) is 17.2 Å². The van der Waals surface area contributed by atoms with Gasteiger partial charge in [-0.25, -0.2) is 9.37 Å². The molecule has 0 aliphatic rings. The fraction of sp³-hybridized carbons (Fsp3) is 0.0909. The van der Waals surface area contributed by atoms with Gasteiger partial charge in [0.15, 0.2) is 5.82 Å². The molecule has 2 aromatic heterocycles. The standard InChI is InChI=1S/C11H10FN5/c1-17-8-4-2-3-7(12)9(8)15-11(17)6-5-14-16-10(6)13/h2-5H,1H3,(H3,13,14,16). The van der Waals surface area contributed by atoms with Crippen LogP contribution in [0.25, 0.3) is 22.4 Å². The molecule has 6 heteroatoms. The van der Waals surface area contributed by atoms with Crippen molar-refractivity contribution >= 4 is 16.9 Å². The Labute approximate surface area is 96.1 Å². The summed E-state index contributed by atoms with van der Waals surface area (Å²) in [4.78, 5) is 4.26. The first-order valence-electron chi connectivity index (χ1n) is 5.08. The smallest absolute Gasteiger partial charge is 0.151 e. The predicted octanol–water partition coefficient (Wildman–Crippen LogP) is 1.68. The summed E-state index contributed by atoms with van der Waals surface area (Å²) >= 11 is 0. The molecule has 0 saturated carbocycles. The second-order valence-corrected chi connectivity index (χ2v) is 3.80. The summed E-state index contributed by atoms with van der Waals surface area (Å²) in [5, 5.41) is 6.47. The van der Waals surface area contributed by atoms with Crippen molar-refractivity contribution in [2.24, 2.45) is 7.05 Å². The van der Waals surface area contributed by atoms with Crippen LogP contribution in [0.4, 0.5) is 10.2 Å². The number of hydrogen-bond donors (Lipinski definition) is 2. The molecule has 0 bridgehead atoms. The molecule has 0 saturated heterocycles. The number of imidazole rings is 1. The van der Waals surface area contributed by atoms with E-state index >= 15 is 0 Å². The first-order chi connectivity index (χ1) is 8.18. The van der Waals surface area contributed by atoms with Crippen LogP contribution in [0.15, 0.2) is 24.4 Å². The van der Waals surface area contributed by atoms with E-state index in [0.717, 1.165) is 5.52 Å². The number of nitrogens with two attached hydrogens (primary N) is 1. The zero-order valence-electron chi connectivity index (χ0n) is 9.11. The van der Waals surface area contributed by atoms with E-state index in [-0.39, 0.29) is 5.82 Å². The van der Waals surface area contributed by atoms with Gasteiger partial charge < -0.3 is 10.3 Å². The van der Waals surface area contributed by atoms with Gasteiger partial charge in [-0.15, -0.1) is 0 Å². The van der Waals surface area contributed by atoms with Gasteiger partial charge in [0.25, 0.3) is 0 Å². The number of aryl methyl sites for hydroxylation is 1. The molecule has 0 fully saturated rings. The minimum absolute atomic E-state index is 0.339. The summed E-state index contributed by atoms with van der Waals surface area (Å²) in [6.07, 6.45) is 1.58. The summed E-state index contributed by atoms with van der Waals surface area (Å²) in [6.45, 7) is 0. The van der Waals surface area contributed by atoms with Gasteiger partial charge in [-0.3, -0.25) is 5.10 Å². The second kappa shape index (κ2) is 3.31. The van der Waals surface area contributed by atoms with Gasteiger partial charge >= 0.3 is 0 Å². The van der Waals surface area contributed by atoms with Crippen molar-refractivity contribution in [1.29, 1.82) is 0 Å². The van der Waals surface area contributed by atoms with Crippen molar-refractivity contribution in [2.45, 2.75) is 0 Å². The summed E-state index contributed by atoms with van der Waals surface area (Å²) in [5.41, 5.74) is 7.47. The number of fused-ring (bicyclic) bond motifs is 1. The SMILES string of the molecule is Cn1c(-c2cn[nH]c2N)nc2c(F)cccc21. The molecular formula is C11H10FN5. The third-order valence-corrected chi connectivity index (χ3v) is 2.77. The molecule has 0 spiro atoms. The predicted molar refractivity (Wildman–Crippen MR) is 62.7 cm³/mol. The van der Waals surface area contributed by atoms with Crippen LogP contribution in [0.2, 0.25) is 0 Å². The van der Waals surface area contributed by atoms with Crippen molar-refractivity contribution in [3.8, 4) is 11.4 Å². The molecule has 5 nitrogen and oxygen atoms in total. The van der Waals surface area contributed by atoms with Gasteiger partial charge in [0, 0.05) is 7.05 Å². The number of rotatable bonds is 1. The number of benzene rings is 1. The molecule has 86 valence electrons. The maximum Gasteiger partial charge on any atom is 0.151 e. The molecule has 2 heterocycles. The number of anilines is 1. The van der Waals surface area contributed by atoms with Gasteiger partial charge in [0.05, 0.1) is 17.3 Å². The normalized spacial score (nSPS) is 11.2. The van der Waals surface area contributed by atoms with E-state index in [4.69, 9.17) is 5.73 Å². The van der Waals surface area contributed by atoms with Crippen molar-refractivity contribution < 1.29 is 4.39 Å². The van der Waals surface area contributed by atoms with E-state index < -0.39 is 0 Å². The minimum atomic E-state index is -0.341. The Morgan fingerprint density at radius 2 is 2.24 bits per heavy atom. The molecule has 0 aliphatic heterocycles. The Morgan fingerprint density at radius 1 is 1.41 bits per heavy atom. The number of halogens is 1. The van der Waals surface area contributed by atoms with Crippen LogP contribution in [0.5, 0.6) is 0 Å². The molecule has 3 N–H and O–H groups in total. The molecule has 0 aliphatic carbocycles. The second-order valence-electron chi connectivity index (χ2n) is 3.80. The lowest BCUT2D eigenvalue weighted by Crippen LogP contribution is -1.94. The number of nitrogens with zero attached hydrogens (tertiary/aromatic N) is 3. The number of para-hydroxylation sites is 1. The van der Waals surface area contributed by atoms with Crippen molar-refractivity contribution in [1.82, 2.24) is 19.7 Å². The summed E-state index contributed by atoms with van der Waals surface area (Å²) in [5.74, 6) is 0.673. The lowest BCUT2D eigenvalue weighted by molar-refractivity contribution is 0.637. The van der Waals surface area contributed by atoms with E-state index in [1.54, 1.807) is 16.8 Å². The Balaban J connectivity index is 2.36. The summed E-state index contributed by atoms with van der Waals surface area (Å²) in [6, 6.07) is 4.85. The first kappa shape index (κ1) is 9.83. The van der Waals surface area contributed by atoms with Crippen LogP contribution in [0.1, 0.15) is 0 Å². The van der Waals surface area contributed by atoms with E-state index in [1.165, 1.54) is 6.07 Å². The lowest BCUT2D eigenvalue weighted by Gasteiger charge is -1.99. The Kier molecular flexibility index (Phi) is 1.91. The van der Waals surface area contributed by atoms with Crippen LogP contribution in [-0.2, 0) is 7.05 Å². The van der Waals surface area contributed by atoms with E-state index in [1.807, 2.05) is 13.1 Å². The fourth-order valence-corrected chi connectivity index (χ4v) is 1.90. The Hall–Kier alpha value is -2.37. The zero-order valence-corrected chi connectivity index (χ0v) is 9.11. The Bertz CT molecular complexity index is 697. The quantitative estimate of drug-likeness (QED) is 0.669. The average molecular weight is 231 g/mol. The van der Waals surface area contributed by atoms with Gasteiger partial charge in [0.2, 0.25) is 0 Å². The number of aromatic amines is 1. The highest BCUT2D eigenvalue weighted by Gasteiger charge is 2.15. The number of nitrogens with one attached hydrogen (secondary N) is 1. The maximum atomic E-state index is 13.6. The highest BCUT2D eigenvalue weighted by molar-refractivity contribution is 5.82. The molecule has 0 radical (unpaired) electrons. The van der Waals surface area contributed by atoms with E-state index in [9.17, 15) is 4.39 Å². The fourth-order valence-electron chi connectivity index (χ4n) is 1.90. The van der Waals surface area contributed by atoms with Crippen LogP contribution in [0, 0.1) is 5.82 Å². The highest BCUT2D eigenvalue weighted by Crippen LogP contribution is 2.27. The molecule has 0 amide bonds. The third kappa shape index (κ3) is 1.30. The molecule has 1 aromatic carbocycles. The largest absolute Gasteiger partial charge is 0.383 e. The van der Waals surface area contributed by atoms with Crippen LogP contribution in [-0.4, -0.2) is 19.7 Å².